The highest BCUT2D eigenvalue weighted by atomic mass is 16.6. The van der Waals surface area contributed by atoms with Crippen molar-refractivity contribution in [3.63, 3.8) is 0 Å². The van der Waals surface area contributed by atoms with Crippen LogP contribution in [0, 0.1) is 0 Å². The Hall–Kier alpha value is -3.20. The molecule has 142 valence electrons. The number of rotatable bonds is 6. The van der Waals surface area contributed by atoms with Gasteiger partial charge >= 0.3 is 11.9 Å². The van der Waals surface area contributed by atoms with Crippen molar-refractivity contribution in [1.29, 1.82) is 0 Å². The van der Waals surface area contributed by atoms with Gasteiger partial charge in [-0.2, -0.15) is 0 Å². The molecular formula is C18H19N3O6. The average molecular weight is 373 g/mol. The molecule has 1 aliphatic heterocycles. The lowest BCUT2D eigenvalue weighted by Crippen LogP contribution is -2.34. The van der Waals surface area contributed by atoms with Crippen LogP contribution in [0.25, 0.3) is 11.0 Å². The lowest BCUT2D eigenvalue weighted by molar-refractivity contribution is -0.139. The van der Waals surface area contributed by atoms with Crippen molar-refractivity contribution in [1.82, 2.24) is 15.6 Å². The van der Waals surface area contributed by atoms with Crippen molar-refractivity contribution < 1.29 is 29.2 Å². The van der Waals surface area contributed by atoms with Gasteiger partial charge < -0.3 is 20.3 Å². The number of ether oxygens (including phenoxy) is 1. The van der Waals surface area contributed by atoms with Crippen LogP contribution in [0.15, 0.2) is 45.4 Å². The molecule has 1 aromatic heterocycles. The molecule has 1 aliphatic rings. The number of aromatic nitrogens is 2. The Kier molecular flexibility index (Phi) is 5.22. The first-order valence-electron chi connectivity index (χ1n) is 8.42. The molecule has 27 heavy (non-hydrogen) atoms. The van der Waals surface area contributed by atoms with Gasteiger partial charge in [0.15, 0.2) is 0 Å². The fourth-order valence-corrected chi connectivity index (χ4v) is 3.19. The second-order valence-electron chi connectivity index (χ2n) is 6.07. The number of fused-ring (bicyclic) bond motifs is 1. The summed E-state index contributed by atoms with van der Waals surface area (Å²) in [5.74, 6) is -2.89. The van der Waals surface area contributed by atoms with Crippen LogP contribution in [0.3, 0.4) is 0 Å². The zero-order valence-electron chi connectivity index (χ0n) is 14.9. The lowest BCUT2D eigenvalue weighted by Gasteiger charge is -2.30. The number of nitrogens with one attached hydrogen (secondary N) is 1. The third-order valence-corrected chi connectivity index (χ3v) is 4.32. The van der Waals surface area contributed by atoms with Gasteiger partial charge in [-0.05, 0) is 35.3 Å². The monoisotopic (exact) mass is 373 g/mol. The number of aliphatic hydroxyl groups is 1. The fourth-order valence-electron chi connectivity index (χ4n) is 3.19. The molecule has 2 aromatic rings. The number of esters is 1. The predicted molar refractivity (Wildman–Crippen MR) is 93.4 cm³/mol. The van der Waals surface area contributed by atoms with Crippen LogP contribution in [0.4, 0.5) is 0 Å². The van der Waals surface area contributed by atoms with Crippen LogP contribution < -0.4 is 5.32 Å². The molecule has 0 bridgehead atoms. The minimum atomic E-state index is -1.27. The molecule has 2 heterocycles. The van der Waals surface area contributed by atoms with E-state index < -0.39 is 24.5 Å². The number of carbonyl (C=O) groups excluding carboxylic acids is 1. The van der Waals surface area contributed by atoms with E-state index in [2.05, 4.69) is 15.6 Å². The molecule has 1 unspecified atom stereocenters. The van der Waals surface area contributed by atoms with Crippen molar-refractivity contribution in [3.8, 4) is 0 Å². The van der Waals surface area contributed by atoms with Crippen LogP contribution in [0.2, 0.25) is 0 Å². The molecule has 0 saturated carbocycles. The van der Waals surface area contributed by atoms with Crippen molar-refractivity contribution in [3.05, 3.63) is 46.3 Å². The molecule has 3 N–H and O–H groups in total. The standard InChI is InChI=1S/C18H19N3O6/c1-3-7-26-18(25)13-9(2)19-12(8-22)15(17(23)24)14(13)10-5-4-6-11-16(10)21-27-20-11/h4-6,14,19,22H,3,7-8H2,1-2H3,(H,23,24). The topological polar surface area (TPSA) is 135 Å². The van der Waals surface area contributed by atoms with E-state index in [4.69, 9.17) is 9.37 Å². The van der Waals surface area contributed by atoms with Gasteiger partial charge in [0.05, 0.1) is 36.0 Å². The first kappa shape index (κ1) is 18.6. The molecule has 1 atom stereocenters. The number of carboxylic acid groups (broad SMARTS) is 1. The van der Waals surface area contributed by atoms with E-state index in [0.717, 1.165) is 0 Å². The highest BCUT2D eigenvalue weighted by Crippen LogP contribution is 2.40. The van der Waals surface area contributed by atoms with Gasteiger partial charge in [0.2, 0.25) is 0 Å². The van der Waals surface area contributed by atoms with Gasteiger partial charge in [0, 0.05) is 5.70 Å². The van der Waals surface area contributed by atoms with Crippen LogP contribution >= 0.6 is 0 Å². The number of hydrogen-bond acceptors (Lipinski definition) is 8. The quantitative estimate of drug-likeness (QED) is 0.643. The zero-order chi connectivity index (χ0) is 19.6. The number of carboxylic acids is 1. The number of hydrogen-bond donors (Lipinski definition) is 3. The number of nitrogens with zero attached hydrogens (tertiary/aromatic N) is 2. The van der Waals surface area contributed by atoms with Crippen molar-refractivity contribution in [2.45, 2.75) is 26.2 Å². The summed E-state index contributed by atoms with van der Waals surface area (Å²) in [5, 5.41) is 29.9. The van der Waals surface area contributed by atoms with Crippen LogP contribution in [-0.4, -0.2) is 45.7 Å². The maximum absolute atomic E-state index is 12.7. The summed E-state index contributed by atoms with van der Waals surface area (Å²) in [6.07, 6.45) is 0.627. The number of carbonyl (C=O) groups is 2. The molecule has 1 aromatic carbocycles. The molecule has 0 amide bonds. The molecule has 0 radical (unpaired) electrons. The van der Waals surface area contributed by atoms with Gasteiger partial charge in [-0.25, -0.2) is 14.2 Å². The third kappa shape index (κ3) is 3.28. The first-order chi connectivity index (χ1) is 13.0. The number of aliphatic carboxylic acids is 1. The molecule has 9 heteroatoms. The summed E-state index contributed by atoms with van der Waals surface area (Å²) >= 11 is 0. The van der Waals surface area contributed by atoms with Gasteiger partial charge in [-0.3, -0.25) is 0 Å². The second kappa shape index (κ2) is 7.58. The van der Waals surface area contributed by atoms with Crippen molar-refractivity contribution in [2.24, 2.45) is 0 Å². The van der Waals surface area contributed by atoms with E-state index in [1.165, 1.54) is 0 Å². The largest absolute Gasteiger partial charge is 0.478 e. The first-order valence-corrected chi connectivity index (χ1v) is 8.42. The molecule has 0 saturated heterocycles. The SMILES string of the molecule is CCCOC(=O)C1=C(C)NC(CO)=C(C(=O)O)C1c1cccc2nonc12. The average Bonchev–Trinajstić information content (AvgIpc) is 3.13. The molecule has 9 nitrogen and oxygen atoms in total. The van der Waals surface area contributed by atoms with Gasteiger partial charge in [-0.1, -0.05) is 19.1 Å². The molecule has 0 aliphatic carbocycles. The number of aliphatic hydroxyl groups excluding tert-OH is 1. The number of benzene rings is 1. The Morgan fingerprint density at radius 3 is 2.74 bits per heavy atom. The normalized spacial score (nSPS) is 17.2. The molecular weight excluding hydrogens is 354 g/mol. The van der Waals surface area contributed by atoms with Gasteiger partial charge in [0.25, 0.3) is 0 Å². The summed E-state index contributed by atoms with van der Waals surface area (Å²) in [5.41, 5.74) is 1.71. The van der Waals surface area contributed by atoms with E-state index in [1.54, 1.807) is 25.1 Å². The lowest BCUT2D eigenvalue weighted by atomic mass is 9.80. The summed E-state index contributed by atoms with van der Waals surface area (Å²) in [7, 11) is 0. The van der Waals surface area contributed by atoms with E-state index in [-0.39, 0.29) is 23.5 Å². The van der Waals surface area contributed by atoms with Gasteiger partial charge in [0.1, 0.15) is 11.0 Å². The third-order valence-electron chi connectivity index (χ3n) is 4.32. The fraction of sp³-hybridized carbons (Fsp3) is 0.333. The van der Waals surface area contributed by atoms with Crippen LogP contribution in [-0.2, 0) is 14.3 Å². The minimum Gasteiger partial charge on any atom is -0.478 e. The Balaban J connectivity index is 2.24. The van der Waals surface area contributed by atoms with Crippen LogP contribution in [0.5, 0.6) is 0 Å². The summed E-state index contributed by atoms with van der Waals surface area (Å²) in [6, 6.07) is 4.99. The molecule has 0 spiro atoms. The second-order valence-corrected chi connectivity index (χ2v) is 6.07. The highest BCUT2D eigenvalue weighted by Gasteiger charge is 2.39. The summed E-state index contributed by atoms with van der Waals surface area (Å²) in [6.45, 7) is 3.17. The zero-order valence-corrected chi connectivity index (χ0v) is 14.9. The maximum atomic E-state index is 12.7. The Morgan fingerprint density at radius 2 is 2.07 bits per heavy atom. The summed E-state index contributed by atoms with van der Waals surface area (Å²) < 4.78 is 10.0. The Bertz CT molecular complexity index is 959. The van der Waals surface area contributed by atoms with Gasteiger partial charge in [-0.15, -0.1) is 0 Å². The predicted octanol–water partition coefficient (Wildman–Crippen LogP) is 1.47. The highest BCUT2D eigenvalue weighted by molar-refractivity contribution is 6.00. The van der Waals surface area contributed by atoms with E-state index in [1.807, 2.05) is 6.92 Å². The molecule has 0 fully saturated rings. The summed E-state index contributed by atoms with van der Waals surface area (Å²) in [4.78, 5) is 24.8. The number of allylic oxidation sites excluding steroid dienone is 1. The smallest absolute Gasteiger partial charge is 0.336 e. The molecule has 3 rings (SSSR count). The van der Waals surface area contributed by atoms with Crippen molar-refractivity contribution >= 4 is 23.0 Å². The Labute approximate surface area is 154 Å². The number of dihydropyridines is 1. The van der Waals surface area contributed by atoms with Crippen molar-refractivity contribution in [2.75, 3.05) is 13.2 Å². The minimum absolute atomic E-state index is 0.102. The van der Waals surface area contributed by atoms with E-state index >= 15 is 0 Å². The Morgan fingerprint density at radius 1 is 1.30 bits per heavy atom. The van der Waals surface area contributed by atoms with E-state index in [0.29, 0.717) is 28.7 Å². The maximum Gasteiger partial charge on any atom is 0.336 e. The van der Waals surface area contributed by atoms with E-state index in [9.17, 15) is 19.8 Å². The van der Waals surface area contributed by atoms with Crippen LogP contribution in [0.1, 0.15) is 31.7 Å².